The van der Waals surface area contributed by atoms with Gasteiger partial charge in [-0.2, -0.15) is 0 Å². The van der Waals surface area contributed by atoms with E-state index in [0.717, 1.165) is 14.6 Å². The fraction of sp³-hybridized carbons (Fsp3) is 0.294. The van der Waals surface area contributed by atoms with Gasteiger partial charge in [-0.3, -0.25) is 4.79 Å². The summed E-state index contributed by atoms with van der Waals surface area (Å²) in [5, 5.41) is 5.10. The minimum absolute atomic E-state index is 0.0441. The minimum Gasteiger partial charge on any atom is -0.353 e. The van der Waals surface area contributed by atoms with Crippen LogP contribution in [0.25, 0.3) is 10.2 Å². The highest BCUT2D eigenvalue weighted by molar-refractivity contribution is 8.01. The molecule has 1 unspecified atom stereocenters. The van der Waals surface area contributed by atoms with Crippen molar-refractivity contribution in [2.45, 2.75) is 10.4 Å². The zero-order valence-corrected chi connectivity index (χ0v) is 16.0. The Morgan fingerprint density at radius 1 is 1.29 bits per heavy atom. The molecule has 4 nitrogen and oxygen atoms in total. The van der Waals surface area contributed by atoms with Crippen molar-refractivity contribution < 1.29 is 4.79 Å². The topological polar surface area (TPSA) is 45.2 Å². The first kappa shape index (κ1) is 17.4. The largest absolute Gasteiger partial charge is 0.353 e. The van der Waals surface area contributed by atoms with Crippen LogP contribution >= 0.6 is 34.4 Å². The van der Waals surface area contributed by atoms with Crippen LogP contribution in [0.15, 0.2) is 46.1 Å². The highest BCUT2D eigenvalue weighted by atomic mass is 32.2. The van der Waals surface area contributed by atoms with Gasteiger partial charge in [0.05, 0.1) is 22.0 Å². The maximum atomic E-state index is 12.2. The van der Waals surface area contributed by atoms with Crippen molar-refractivity contribution in [2.75, 3.05) is 26.4 Å². The van der Waals surface area contributed by atoms with E-state index in [9.17, 15) is 4.79 Å². The highest BCUT2D eigenvalue weighted by Crippen LogP contribution is 2.29. The van der Waals surface area contributed by atoms with Crippen molar-refractivity contribution in [3.63, 3.8) is 0 Å². The normalized spacial score (nSPS) is 12.6. The molecule has 1 atom stereocenters. The molecule has 24 heavy (non-hydrogen) atoms. The van der Waals surface area contributed by atoms with Crippen LogP contribution in [-0.4, -0.2) is 42.2 Å². The van der Waals surface area contributed by atoms with Gasteiger partial charge >= 0.3 is 0 Å². The fourth-order valence-electron chi connectivity index (χ4n) is 2.32. The van der Waals surface area contributed by atoms with E-state index in [2.05, 4.69) is 32.7 Å². The van der Waals surface area contributed by atoms with Gasteiger partial charge in [-0.05, 0) is 37.7 Å². The molecule has 126 valence electrons. The number of benzene rings is 1. The van der Waals surface area contributed by atoms with Crippen LogP contribution in [0.1, 0.15) is 10.9 Å². The predicted molar refractivity (Wildman–Crippen MR) is 104 cm³/mol. The number of likely N-dealkylation sites (N-methyl/N-ethyl adjacent to an activating group) is 1. The van der Waals surface area contributed by atoms with E-state index < -0.39 is 0 Å². The van der Waals surface area contributed by atoms with Gasteiger partial charge in [0, 0.05) is 11.4 Å². The number of nitrogens with one attached hydrogen (secondary N) is 1. The van der Waals surface area contributed by atoms with Crippen LogP contribution in [-0.2, 0) is 4.79 Å². The second-order valence-corrected chi connectivity index (χ2v) is 8.77. The number of thioether (sulfide) groups is 1. The fourth-order valence-corrected chi connectivity index (χ4v) is 5.14. The molecule has 1 aromatic carbocycles. The van der Waals surface area contributed by atoms with Crippen molar-refractivity contribution in [3.05, 3.63) is 46.7 Å². The Hall–Kier alpha value is -1.41. The molecule has 0 aliphatic rings. The number of nitrogens with zero attached hydrogens (tertiary/aromatic N) is 2. The third kappa shape index (κ3) is 4.36. The highest BCUT2D eigenvalue weighted by Gasteiger charge is 2.16. The molecule has 0 fully saturated rings. The van der Waals surface area contributed by atoms with Gasteiger partial charge in [-0.25, -0.2) is 4.98 Å². The minimum atomic E-state index is 0.0441. The SMILES string of the molecule is CN(C)C(CNC(=O)CSc1nc2ccccc2s1)c1cccs1. The van der Waals surface area contributed by atoms with E-state index >= 15 is 0 Å². The Balaban J connectivity index is 1.51. The lowest BCUT2D eigenvalue weighted by Gasteiger charge is -2.23. The molecule has 0 aliphatic heterocycles. The number of fused-ring (bicyclic) bond motifs is 1. The molecule has 3 aromatic rings. The van der Waals surface area contributed by atoms with Gasteiger partial charge in [0.2, 0.25) is 5.91 Å². The van der Waals surface area contributed by atoms with Crippen LogP contribution in [0, 0.1) is 0 Å². The average Bonchev–Trinajstić information content (AvgIpc) is 3.22. The van der Waals surface area contributed by atoms with E-state index in [0.29, 0.717) is 12.3 Å². The molecule has 1 N–H and O–H groups in total. The van der Waals surface area contributed by atoms with E-state index in [1.807, 2.05) is 38.4 Å². The standard InChI is InChI=1S/C17H19N3OS3/c1-20(2)13(15-8-5-9-22-15)10-18-16(21)11-23-17-19-12-6-3-4-7-14(12)24-17/h3-9,13H,10-11H2,1-2H3,(H,18,21). The summed E-state index contributed by atoms with van der Waals surface area (Å²) in [5.74, 6) is 0.437. The number of hydrogen-bond donors (Lipinski definition) is 1. The van der Waals surface area contributed by atoms with Gasteiger partial charge in [0.1, 0.15) is 0 Å². The number of hydrogen-bond acceptors (Lipinski definition) is 6. The van der Waals surface area contributed by atoms with E-state index in [4.69, 9.17) is 0 Å². The first-order valence-electron chi connectivity index (χ1n) is 7.58. The summed E-state index contributed by atoms with van der Waals surface area (Å²) < 4.78 is 2.10. The number of carbonyl (C=O) groups is 1. The Kier molecular flexibility index (Phi) is 5.89. The summed E-state index contributed by atoms with van der Waals surface area (Å²) in [6.07, 6.45) is 0. The monoisotopic (exact) mass is 377 g/mol. The molecular weight excluding hydrogens is 358 g/mol. The second-order valence-electron chi connectivity index (χ2n) is 5.54. The molecule has 0 spiro atoms. The molecule has 0 aliphatic carbocycles. The number of rotatable bonds is 7. The zero-order chi connectivity index (χ0) is 16.9. The maximum Gasteiger partial charge on any atom is 0.230 e. The summed E-state index contributed by atoms with van der Waals surface area (Å²) in [6.45, 7) is 0.618. The molecule has 1 amide bonds. The summed E-state index contributed by atoms with van der Waals surface area (Å²) in [7, 11) is 4.07. The Morgan fingerprint density at radius 2 is 2.12 bits per heavy atom. The lowest BCUT2D eigenvalue weighted by molar-refractivity contribution is -0.118. The van der Waals surface area contributed by atoms with Crippen molar-refractivity contribution >= 4 is 50.6 Å². The number of aromatic nitrogens is 1. The molecule has 3 rings (SSSR count). The van der Waals surface area contributed by atoms with Gasteiger partial charge in [0.25, 0.3) is 0 Å². The quantitative estimate of drug-likeness (QED) is 0.635. The molecule has 0 saturated carbocycles. The van der Waals surface area contributed by atoms with Gasteiger partial charge in [0.15, 0.2) is 4.34 Å². The summed E-state index contributed by atoms with van der Waals surface area (Å²) in [5.41, 5.74) is 0.996. The molecule has 2 aromatic heterocycles. The molecular formula is C17H19N3OS3. The number of amides is 1. The van der Waals surface area contributed by atoms with Crippen LogP contribution in [0.3, 0.4) is 0 Å². The van der Waals surface area contributed by atoms with E-state index in [1.165, 1.54) is 16.6 Å². The average molecular weight is 378 g/mol. The number of para-hydroxylation sites is 1. The van der Waals surface area contributed by atoms with Crippen LogP contribution in [0.2, 0.25) is 0 Å². The molecule has 0 bridgehead atoms. The Labute approximate surface area is 153 Å². The summed E-state index contributed by atoms with van der Waals surface area (Å²) in [6, 6.07) is 12.4. The predicted octanol–water partition coefficient (Wildman–Crippen LogP) is 3.87. The molecule has 0 radical (unpaired) electrons. The van der Waals surface area contributed by atoms with E-state index in [1.54, 1.807) is 22.7 Å². The molecule has 2 heterocycles. The summed E-state index contributed by atoms with van der Waals surface area (Å²) in [4.78, 5) is 20.1. The molecule has 7 heteroatoms. The lowest BCUT2D eigenvalue weighted by Crippen LogP contribution is -2.35. The Bertz CT molecular complexity index is 765. The summed E-state index contributed by atoms with van der Waals surface area (Å²) >= 11 is 4.85. The number of thiophene rings is 1. The smallest absolute Gasteiger partial charge is 0.230 e. The van der Waals surface area contributed by atoms with Gasteiger partial charge < -0.3 is 10.2 Å². The van der Waals surface area contributed by atoms with Gasteiger partial charge in [-0.15, -0.1) is 22.7 Å². The maximum absolute atomic E-state index is 12.2. The lowest BCUT2D eigenvalue weighted by atomic mass is 10.2. The van der Waals surface area contributed by atoms with Crippen LogP contribution in [0.4, 0.5) is 0 Å². The van der Waals surface area contributed by atoms with Crippen LogP contribution < -0.4 is 5.32 Å². The van der Waals surface area contributed by atoms with Crippen molar-refractivity contribution in [1.82, 2.24) is 15.2 Å². The van der Waals surface area contributed by atoms with Gasteiger partial charge in [-0.1, -0.05) is 30.0 Å². The van der Waals surface area contributed by atoms with Crippen molar-refractivity contribution in [1.29, 1.82) is 0 Å². The first-order valence-corrected chi connectivity index (χ1v) is 10.3. The van der Waals surface area contributed by atoms with Crippen LogP contribution in [0.5, 0.6) is 0 Å². The number of carbonyl (C=O) groups excluding carboxylic acids is 1. The third-order valence-corrected chi connectivity index (χ3v) is 6.74. The third-order valence-electron chi connectivity index (χ3n) is 3.59. The Morgan fingerprint density at radius 3 is 2.83 bits per heavy atom. The second kappa shape index (κ2) is 8.11. The first-order chi connectivity index (χ1) is 11.6. The zero-order valence-electron chi connectivity index (χ0n) is 13.6. The van der Waals surface area contributed by atoms with E-state index in [-0.39, 0.29) is 11.9 Å². The van der Waals surface area contributed by atoms with Crippen molar-refractivity contribution in [2.24, 2.45) is 0 Å². The van der Waals surface area contributed by atoms with Crippen molar-refractivity contribution in [3.8, 4) is 0 Å². The molecule has 0 saturated heterocycles. The number of thiazole rings is 1.